The Morgan fingerprint density at radius 2 is 1.81 bits per heavy atom. The molecule has 0 bridgehead atoms. The third kappa shape index (κ3) is 5.54. The summed E-state index contributed by atoms with van der Waals surface area (Å²) in [6.07, 6.45) is 4.03. The molecule has 1 amide bonds. The van der Waals surface area contributed by atoms with Crippen molar-refractivity contribution in [1.29, 1.82) is 0 Å². The highest BCUT2D eigenvalue weighted by Crippen LogP contribution is 2.26. The lowest BCUT2D eigenvalue weighted by Crippen LogP contribution is -2.35. The molecule has 0 radical (unpaired) electrons. The number of hydrogen-bond donors (Lipinski definition) is 2. The molecule has 1 aliphatic rings. The van der Waals surface area contributed by atoms with Gasteiger partial charge in [0, 0.05) is 37.4 Å². The van der Waals surface area contributed by atoms with Crippen LogP contribution in [0.15, 0.2) is 72.9 Å². The zero-order valence-corrected chi connectivity index (χ0v) is 18.9. The van der Waals surface area contributed by atoms with E-state index in [1.807, 2.05) is 60.7 Å². The maximum Gasteiger partial charge on any atom is 0.253 e. The highest BCUT2D eigenvalue weighted by atomic mass is 35.5. The molecule has 3 aromatic rings. The molecule has 1 saturated heterocycles. The highest BCUT2D eigenvalue weighted by molar-refractivity contribution is 6.29. The van der Waals surface area contributed by atoms with Crippen molar-refractivity contribution in [3.05, 3.63) is 100 Å². The SMILES string of the molecule is CN(Cc1ccc(Cl)nc1)C(=O)c1ccc(C[C@@H]2CC[C@H](C(O)c3ccccc3)N2)cc1. The van der Waals surface area contributed by atoms with Crippen molar-refractivity contribution in [2.45, 2.75) is 44.0 Å². The van der Waals surface area contributed by atoms with E-state index in [0.29, 0.717) is 23.3 Å². The van der Waals surface area contributed by atoms with E-state index < -0.39 is 6.10 Å². The normalized spacial score (nSPS) is 19.0. The third-order valence-corrected chi connectivity index (χ3v) is 6.26. The van der Waals surface area contributed by atoms with Crippen LogP contribution >= 0.6 is 11.6 Å². The molecule has 2 N–H and O–H groups in total. The summed E-state index contributed by atoms with van der Waals surface area (Å²) >= 11 is 5.83. The molecule has 1 aromatic heterocycles. The van der Waals surface area contributed by atoms with Crippen LogP contribution < -0.4 is 5.32 Å². The van der Waals surface area contributed by atoms with Gasteiger partial charge in [-0.15, -0.1) is 0 Å². The Kier molecular flexibility index (Phi) is 7.20. The zero-order valence-electron chi connectivity index (χ0n) is 18.1. The van der Waals surface area contributed by atoms with Crippen LogP contribution in [0.5, 0.6) is 0 Å². The Bertz CT molecular complexity index is 1030. The second-order valence-electron chi connectivity index (χ2n) is 8.45. The van der Waals surface area contributed by atoms with Crippen LogP contribution in [0.4, 0.5) is 0 Å². The molecule has 6 heteroatoms. The fourth-order valence-electron chi connectivity index (χ4n) is 4.28. The molecule has 1 fully saturated rings. The summed E-state index contributed by atoms with van der Waals surface area (Å²) in [5, 5.41) is 14.7. The van der Waals surface area contributed by atoms with Crippen LogP contribution in [-0.2, 0) is 13.0 Å². The van der Waals surface area contributed by atoms with Crippen molar-refractivity contribution in [2.24, 2.45) is 0 Å². The van der Waals surface area contributed by atoms with Crippen molar-refractivity contribution >= 4 is 17.5 Å². The van der Waals surface area contributed by atoms with Gasteiger partial charge in [0.15, 0.2) is 0 Å². The first-order valence-electron chi connectivity index (χ1n) is 10.9. The van der Waals surface area contributed by atoms with Crippen LogP contribution in [0.25, 0.3) is 0 Å². The number of benzene rings is 2. The van der Waals surface area contributed by atoms with Gasteiger partial charge in [0.25, 0.3) is 5.91 Å². The van der Waals surface area contributed by atoms with E-state index in [0.717, 1.165) is 30.4 Å². The number of halogens is 1. The predicted molar refractivity (Wildman–Crippen MR) is 127 cm³/mol. The van der Waals surface area contributed by atoms with Crippen LogP contribution in [0.1, 0.15) is 46.0 Å². The van der Waals surface area contributed by atoms with Gasteiger partial charge in [-0.3, -0.25) is 4.79 Å². The van der Waals surface area contributed by atoms with Gasteiger partial charge in [-0.2, -0.15) is 0 Å². The molecule has 5 nitrogen and oxygen atoms in total. The lowest BCUT2D eigenvalue weighted by molar-refractivity contribution is 0.0785. The maximum absolute atomic E-state index is 12.8. The standard InChI is InChI=1S/C26H28ClN3O2/c1-30(17-19-9-14-24(27)28-16-19)26(32)21-10-7-18(8-11-21)15-22-12-13-23(29-22)25(31)20-5-3-2-4-6-20/h2-11,14,16,22-23,25,29,31H,12-13,15,17H2,1H3/t22-,23+,25?/m0/s1. The Labute approximate surface area is 194 Å². The molecular formula is C26H28ClN3O2. The van der Waals surface area contributed by atoms with Crippen LogP contribution in [0.3, 0.4) is 0 Å². The monoisotopic (exact) mass is 449 g/mol. The minimum atomic E-state index is -0.493. The highest BCUT2D eigenvalue weighted by Gasteiger charge is 2.29. The minimum Gasteiger partial charge on any atom is -0.387 e. The number of nitrogens with zero attached hydrogens (tertiary/aromatic N) is 2. The number of amides is 1. The first-order chi connectivity index (χ1) is 15.5. The molecule has 32 heavy (non-hydrogen) atoms. The number of hydrogen-bond acceptors (Lipinski definition) is 4. The van der Waals surface area contributed by atoms with Gasteiger partial charge in [0.05, 0.1) is 6.10 Å². The molecular weight excluding hydrogens is 422 g/mol. The maximum atomic E-state index is 12.8. The van der Waals surface area contributed by atoms with Crippen LogP contribution in [0, 0.1) is 0 Å². The third-order valence-electron chi connectivity index (χ3n) is 6.04. The minimum absolute atomic E-state index is 0.0310. The van der Waals surface area contributed by atoms with E-state index in [1.54, 1.807) is 24.2 Å². The smallest absolute Gasteiger partial charge is 0.253 e. The first-order valence-corrected chi connectivity index (χ1v) is 11.3. The van der Waals surface area contributed by atoms with Gasteiger partial charge >= 0.3 is 0 Å². The molecule has 0 saturated carbocycles. The van der Waals surface area contributed by atoms with E-state index >= 15 is 0 Å². The fourth-order valence-corrected chi connectivity index (χ4v) is 4.39. The summed E-state index contributed by atoms with van der Waals surface area (Å²) in [4.78, 5) is 18.5. The van der Waals surface area contributed by atoms with Crippen molar-refractivity contribution < 1.29 is 9.90 Å². The van der Waals surface area contributed by atoms with Crippen molar-refractivity contribution in [3.8, 4) is 0 Å². The summed E-state index contributed by atoms with van der Waals surface area (Å²) in [5.74, 6) is -0.0310. The number of rotatable bonds is 7. The second-order valence-corrected chi connectivity index (χ2v) is 8.84. The molecule has 1 unspecified atom stereocenters. The molecule has 1 aliphatic heterocycles. The van der Waals surface area contributed by atoms with E-state index in [1.165, 1.54) is 5.56 Å². The number of carbonyl (C=O) groups excluding carboxylic acids is 1. The lowest BCUT2D eigenvalue weighted by Gasteiger charge is -2.20. The average molecular weight is 450 g/mol. The first kappa shape index (κ1) is 22.5. The molecule has 2 heterocycles. The number of aliphatic hydroxyl groups is 1. The number of carbonyl (C=O) groups is 1. The number of aromatic nitrogens is 1. The van der Waals surface area contributed by atoms with Gasteiger partial charge in [-0.1, -0.05) is 60.1 Å². The summed E-state index contributed by atoms with van der Waals surface area (Å²) in [6.45, 7) is 0.474. The van der Waals surface area contributed by atoms with E-state index in [4.69, 9.17) is 11.6 Å². The van der Waals surface area contributed by atoms with Gasteiger partial charge in [-0.05, 0) is 54.2 Å². The second kappa shape index (κ2) is 10.3. The average Bonchev–Trinajstić information content (AvgIpc) is 3.29. The van der Waals surface area contributed by atoms with E-state index in [9.17, 15) is 9.90 Å². The molecule has 2 aromatic carbocycles. The number of nitrogens with one attached hydrogen (secondary N) is 1. The van der Waals surface area contributed by atoms with Gasteiger partial charge < -0.3 is 15.3 Å². The largest absolute Gasteiger partial charge is 0.387 e. The number of pyridine rings is 1. The topological polar surface area (TPSA) is 65.5 Å². The summed E-state index contributed by atoms with van der Waals surface area (Å²) in [7, 11) is 1.78. The Balaban J connectivity index is 1.31. The molecule has 3 atom stereocenters. The predicted octanol–water partition coefficient (Wildman–Crippen LogP) is 4.40. The van der Waals surface area contributed by atoms with Crippen molar-refractivity contribution in [2.75, 3.05) is 7.05 Å². The van der Waals surface area contributed by atoms with E-state index in [2.05, 4.69) is 10.3 Å². The molecule has 0 spiro atoms. The summed E-state index contributed by atoms with van der Waals surface area (Å²) in [5.41, 5.74) is 3.72. The molecule has 0 aliphatic carbocycles. The molecule has 166 valence electrons. The molecule has 4 rings (SSSR count). The van der Waals surface area contributed by atoms with Crippen LogP contribution in [-0.4, -0.2) is 40.0 Å². The lowest BCUT2D eigenvalue weighted by atomic mass is 10.0. The van der Waals surface area contributed by atoms with E-state index in [-0.39, 0.29) is 11.9 Å². The van der Waals surface area contributed by atoms with Crippen molar-refractivity contribution in [1.82, 2.24) is 15.2 Å². The van der Waals surface area contributed by atoms with Crippen molar-refractivity contribution in [3.63, 3.8) is 0 Å². The Morgan fingerprint density at radius 3 is 2.50 bits per heavy atom. The quantitative estimate of drug-likeness (QED) is 0.524. The Morgan fingerprint density at radius 1 is 1.09 bits per heavy atom. The van der Waals surface area contributed by atoms with Gasteiger partial charge in [-0.25, -0.2) is 4.98 Å². The zero-order chi connectivity index (χ0) is 22.5. The van der Waals surface area contributed by atoms with Crippen LogP contribution in [0.2, 0.25) is 5.15 Å². The van der Waals surface area contributed by atoms with Gasteiger partial charge in [0.2, 0.25) is 0 Å². The number of aliphatic hydroxyl groups excluding tert-OH is 1. The summed E-state index contributed by atoms with van der Waals surface area (Å²) in [6, 6.07) is 21.6. The summed E-state index contributed by atoms with van der Waals surface area (Å²) < 4.78 is 0. The fraction of sp³-hybridized carbons (Fsp3) is 0.308. The Hall–Kier alpha value is -2.73. The van der Waals surface area contributed by atoms with Gasteiger partial charge in [0.1, 0.15) is 5.15 Å².